The molecule has 170 valence electrons. The van der Waals surface area contributed by atoms with Crippen LogP contribution in [0.15, 0.2) is 28.3 Å². The van der Waals surface area contributed by atoms with E-state index in [0.717, 1.165) is 39.8 Å². The van der Waals surface area contributed by atoms with E-state index < -0.39 is 11.6 Å². The molecule has 2 rings (SSSR count). The fourth-order valence-corrected chi connectivity index (χ4v) is 4.09. The van der Waals surface area contributed by atoms with Gasteiger partial charge in [0.1, 0.15) is 5.75 Å². The minimum Gasteiger partial charge on any atom is -0.496 e. The number of hydrogen-bond donors (Lipinski definition) is 1. The number of thiazole rings is 1. The van der Waals surface area contributed by atoms with Crippen LogP contribution in [0.4, 0.5) is 4.79 Å². The first-order valence-corrected chi connectivity index (χ1v) is 11.4. The van der Waals surface area contributed by atoms with Gasteiger partial charge in [0.2, 0.25) is 0 Å². The maximum Gasteiger partial charge on any atom is 0.428 e. The Morgan fingerprint density at radius 2 is 2.00 bits per heavy atom. The Labute approximate surface area is 192 Å². The summed E-state index contributed by atoms with van der Waals surface area (Å²) in [5.41, 5.74) is 0.898. The zero-order valence-corrected chi connectivity index (χ0v) is 20.8. The highest BCUT2D eigenvalue weighted by Gasteiger charge is 2.28. The molecule has 0 aliphatic heterocycles. The molecule has 1 amide bonds. The number of hydrogen-bond acceptors (Lipinski definition) is 4. The number of aryl methyl sites for hydroxylation is 1. The first-order valence-electron chi connectivity index (χ1n) is 10.2. The molecule has 0 radical (unpaired) electrons. The van der Waals surface area contributed by atoms with E-state index in [1.54, 1.807) is 57.4 Å². The van der Waals surface area contributed by atoms with Crippen LogP contribution < -0.4 is 9.54 Å². The Kier molecular flexibility index (Phi) is 8.31. The largest absolute Gasteiger partial charge is 0.496 e. The summed E-state index contributed by atoms with van der Waals surface area (Å²) in [5, 5.41) is 15.7. The molecular formula is C22H31ClN4O3S. The normalized spacial score (nSPS) is 12.9. The summed E-state index contributed by atoms with van der Waals surface area (Å²) in [4.78, 5) is 18.7. The molecule has 0 aliphatic rings. The number of methoxy groups -OCH3 is 1. The number of benzene rings is 1. The van der Waals surface area contributed by atoms with Gasteiger partial charge in [-0.25, -0.2) is 4.79 Å². The number of carboxylic acid groups (broad SMARTS) is 1. The quantitative estimate of drug-likeness (QED) is 0.338. The maximum atomic E-state index is 12.0. The van der Waals surface area contributed by atoms with E-state index >= 15 is 0 Å². The molecule has 1 heterocycles. The molecule has 1 aromatic heterocycles. The smallest absolute Gasteiger partial charge is 0.428 e. The van der Waals surface area contributed by atoms with Crippen LogP contribution in [0.2, 0.25) is 5.02 Å². The molecule has 0 aliphatic carbocycles. The molecule has 2 aromatic rings. The first kappa shape index (κ1) is 24.9. The predicted molar refractivity (Wildman–Crippen MR) is 126 cm³/mol. The highest BCUT2D eigenvalue weighted by molar-refractivity contribution is 7.09. The second kappa shape index (κ2) is 10.3. The third kappa shape index (κ3) is 6.11. The van der Waals surface area contributed by atoms with Crippen molar-refractivity contribution in [1.82, 2.24) is 9.58 Å². The third-order valence-electron chi connectivity index (χ3n) is 4.74. The fraction of sp³-hybridized carbons (Fsp3) is 0.500. The molecule has 7 nitrogen and oxygen atoms in total. The zero-order valence-electron chi connectivity index (χ0n) is 19.2. The number of ether oxygens (including phenoxy) is 1. The number of amidine groups is 1. The number of aromatic nitrogens is 1. The minimum absolute atomic E-state index is 0.225. The van der Waals surface area contributed by atoms with E-state index in [0.29, 0.717) is 16.3 Å². The Morgan fingerprint density at radius 3 is 2.55 bits per heavy atom. The van der Waals surface area contributed by atoms with Crippen molar-refractivity contribution < 1.29 is 14.6 Å². The van der Waals surface area contributed by atoms with E-state index in [1.165, 1.54) is 0 Å². The summed E-state index contributed by atoms with van der Waals surface area (Å²) in [6, 6.07) is 5.12. The maximum absolute atomic E-state index is 12.0. The van der Waals surface area contributed by atoms with Gasteiger partial charge in [0.25, 0.3) is 0 Å². The molecule has 0 unspecified atom stereocenters. The summed E-state index contributed by atoms with van der Waals surface area (Å²) >= 11 is 7.81. The number of carbonyl (C=O) groups is 1. The standard InChI is InChI=1S/C22H31ClN4O3S/c1-8-9-12-26-14(2)15(3)31-20(26)24-19(25-27(21(28)29)22(4,5)6)17-13-16(23)10-11-18(17)30-7/h10-11,13H,8-9,12H2,1-7H3,(H,28,29)/b24-20?,25-19-. The highest BCUT2D eigenvalue weighted by atomic mass is 35.5. The molecule has 0 atom stereocenters. The van der Waals surface area contributed by atoms with Gasteiger partial charge in [-0.15, -0.1) is 16.4 Å². The monoisotopic (exact) mass is 466 g/mol. The number of amides is 1. The van der Waals surface area contributed by atoms with Gasteiger partial charge in [-0.1, -0.05) is 24.9 Å². The van der Waals surface area contributed by atoms with Crippen molar-refractivity contribution in [2.45, 2.75) is 66.5 Å². The van der Waals surface area contributed by atoms with E-state index in [2.05, 4.69) is 30.4 Å². The number of rotatable bonds is 6. The lowest BCUT2D eigenvalue weighted by Gasteiger charge is -2.28. The van der Waals surface area contributed by atoms with Gasteiger partial charge < -0.3 is 14.4 Å². The molecule has 0 saturated heterocycles. The molecule has 1 N–H and O–H groups in total. The second-order valence-electron chi connectivity index (χ2n) is 8.18. The van der Waals surface area contributed by atoms with Gasteiger partial charge in [0.15, 0.2) is 10.6 Å². The van der Waals surface area contributed by atoms with Crippen molar-refractivity contribution in [3.63, 3.8) is 0 Å². The first-order chi connectivity index (χ1) is 14.5. The fourth-order valence-electron chi connectivity index (χ4n) is 2.92. The van der Waals surface area contributed by atoms with Crippen LogP contribution in [0.1, 0.15) is 56.7 Å². The van der Waals surface area contributed by atoms with Crippen LogP contribution in [-0.2, 0) is 6.54 Å². The zero-order chi connectivity index (χ0) is 23.3. The molecule has 0 bridgehead atoms. The van der Waals surface area contributed by atoms with Crippen LogP contribution in [0, 0.1) is 13.8 Å². The Hall–Kier alpha value is -2.32. The lowest BCUT2D eigenvalue weighted by atomic mass is 10.1. The minimum atomic E-state index is -1.17. The summed E-state index contributed by atoms with van der Waals surface area (Å²) < 4.78 is 7.65. The van der Waals surface area contributed by atoms with Crippen LogP contribution in [0.25, 0.3) is 0 Å². The van der Waals surface area contributed by atoms with Crippen molar-refractivity contribution in [1.29, 1.82) is 0 Å². The van der Waals surface area contributed by atoms with Crippen molar-refractivity contribution in [2.24, 2.45) is 10.1 Å². The average Bonchev–Trinajstić information content (AvgIpc) is 2.95. The van der Waals surface area contributed by atoms with Gasteiger partial charge >= 0.3 is 6.09 Å². The average molecular weight is 467 g/mol. The lowest BCUT2D eigenvalue weighted by molar-refractivity contribution is 0.103. The number of hydrazone groups is 1. The van der Waals surface area contributed by atoms with Crippen molar-refractivity contribution in [3.8, 4) is 5.75 Å². The molecular weight excluding hydrogens is 436 g/mol. The summed E-state index contributed by atoms with van der Waals surface area (Å²) in [7, 11) is 1.55. The SMILES string of the molecule is CCCCn1c(C)c(C)sc1=N/C(=N\N(C(=O)O)C(C)(C)C)c1cc(Cl)ccc1OC. The molecule has 0 saturated carbocycles. The summed E-state index contributed by atoms with van der Waals surface area (Å²) in [6.07, 6.45) is 0.903. The van der Waals surface area contributed by atoms with Crippen LogP contribution in [0.3, 0.4) is 0 Å². The van der Waals surface area contributed by atoms with Gasteiger partial charge in [0.05, 0.1) is 18.2 Å². The Balaban J connectivity index is 2.84. The number of halogens is 1. The van der Waals surface area contributed by atoms with Gasteiger partial charge in [0, 0.05) is 22.1 Å². The van der Waals surface area contributed by atoms with Crippen molar-refractivity contribution >= 4 is 34.9 Å². The third-order valence-corrected chi connectivity index (χ3v) is 6.07. The topological polar surface area (TPSA) is 79.4 Å². The number of nitrogens with zero attached hydrogens (tertiary/aromatic N) is 4. The highest BCUT2D eigenvalue weighted by Crippen LogP contribution is 2.25. The molecule has 0 spiro atoms. The molecule has 31 heavy (non-hydrogen) atoms. The summed E-state index contributed by atoms with van der Waals surface area (Å²) in [6.45, 7) is 12.4. The van der Waals surface area contributed by atoms with Crippen LogP contribution in [-0.4, -0.2) is 39.3 Å². The lowest BCUT2D eigenvalue weighted by Crippen LogP contribution is -2.41. The Bertz CT molecular complexity index is 1030. The van der Waals surface area contributed by atoms with Crippen molar-refractivity contribution in [3.05, 3.63) is 44.2 Å². The van der Waals surface area contributed by atoms with Crippen LogP contribution in [0.5, 0.6) is 5.75 Å². The number of unbranched alkanes of at least 4 members (excludes halogenated alkanes) is 1. The Morgan fingerprint density at radius 1 is 1.32 bits per heavy atom. The van der Waals surface area contributed by atoms with E-state index in [-0.39, 0.29) is 5.84 Å². The van der Waals surface area contributed by atoms with Gasteiger partial charge in [-0.2, -0.15) is 10.0 Å². The van der Waals surface area contributed by atoms with E-state index in [9.17, 15) is 9.90 Å². The molecule has 0 fully saturated rings. The summed E-state index contributed by atoms with van der Waals surface area (Å²) in [5.74, 6) is 0.736. The van der Waals surface area contributed by atoms with E-state index in [1.807, 2.05) is 0 Å². The van der Waals surface area contributed by atoms with Gasteiger partial charge in [-0.05, 0) is 59.2 Å². The predicted octanol–water partition coefficient (Wildman–Crippen LogP) is 5.67. The van der Waals surface area contributed by atoms with E-state index in [4.69, 9.17) is 21.3 Å². The molecule has 9 heteroatoms. The van der Waals surface area contributed by atoms with Crippen molar-refractivity contribution in [2.75, 3.05) is 7.11 Å². The second-order valence-corrected chi connectivity index (χ2v) is 9.79. The van der Waals surface area contributed by atoms with Gasteiger partial charge in [-0.3, -0.25) is 0 Å². The van der Waals surface area contributed by atoms with Crippen LogP contribution >= 0.6 is 22.9 Å². The molecule has 1 aromatic carbocycles.